The first kappa shape index (κ1) is 59.4. The van der Waals surface area contributed by atoms with Gasteiger partial charge in [0.15, 0.2) is 6.10 Å². The lowest BCUT2D eigenvalue weighted by Gasteiger charge is -2.18. The molecule has 0 saturated heterocycles. The van der Waals surface area contributed by atoms with Crippen LogP contribution in [0.4, 0.5) is 0 Å². The van der Waals surface area contributed by atoms with Gasteiger partial charge in [0.2, 0.25) is 0 Å². The van der Waals surface area contributed by atoms with E-state index in [-0.39, 0.29) is 31.1 Å². The molecule has 6 nitrogen and oxygen atoms in total. The van der Waals surface area contributed by atoms with Crippen molar-refractivity contribution in [2.24, 2.45) is 5.92 Å². The van der Waals surface area contributed by atoms with Crippen LogP contribution in [0, 0.1) is 5.92 Å². The molecule has 0 aromatic rings. The number of hydrogen-bond donors (Lipinski definition) is 0. The van der Waals surface area contributed by atoms with Crippen molar-refractivity contribution in [2.45, 2.75) is 316 Å². The Bertz CT molecular complexity index is 918. The summed E-state index contributed by atoms with van der Waals surface area (Å²) in [7, 11) is 0. The van der Waals surface area contributed by atoms with E-state index in [9.17, 15) is 14.4 Å². The Morgan fingerprint density at radius 3 is 0.803 bits per heavy atom. The van der Waals surface area contributed by atoms with E-state index in [4.69, 9.17) is 14.2 Å². The largest absolute Gasteiger partial charge is 0.462 e. The van der Waals surface area contributed by atoms with Gasteiger partial charge in [0.1, 0.15) is 13.2 Å². The molecule has 0 fully saturated rings. The third-order valence-corrected chi connectivity index (χ3v) is 12.5. The molecule has 0 aliphatic heterocycles. The number of ether oxygens (including phenoxy) is 3. The molecule has 6 heteroatoms. The Balaban J connectivity index is 4.19. The monoisotopic (exact) mass is 863 g/mol. The summed E-state index contributed by atoms with van der Waals surface area (Å²) >= 11 is 0. The maximum Gasteiger partial charge on any atom is 0.306 e. The van der Waals surface area contributed by atoms with Crippen LogP contribution in [-0.4, -0.2) is 37.2 Å². The van der Waals surface area contributed by atoms with Gasteiger partial charge in [0, 0.05) is 19.3 Å². The molecule has 0 spiro atoms. The van der Waals surface area contributed by atoms with E-state index in [1.165, 1.54) is 205 Å². The maximum absolute atomic E-state index is 12.7. The summed E-state index contributed by atoms with van der Waals surface area (Å²) in [4.78, 5) is 37.9. The van der Waals surface area contributed by atoms with Crippen molar-refractivity contribution in [3.05, 3.63) is 0 Å². The molecule has 0 aliphatic rings. The highest BCUT2D eigenvalue weighted by Crippen LogP contribution is 2.17. The van der Waals surface area contributed by atoms with Crippen LogP contribution in [0.3, 0.4) is 0 Å². The highest BCUT2D eigenvalue weighted by molar-refractivity contribution is 5.71. The van der Waals surface area contributed by atoms with Gasteiger partial charge in [0.05, 0.1) is 0 Å². The Hall–Kier alpha value is -1.59. The van der Waals surface area contributed by atoms with Gasteiger partial charge in [-0.2, -0.15) is 0 Å². The number of rotatable bonds is 50. The first-order valence-electron chi connectivity index (χ1n) is 27.4. The number of esters is 3. The van der Waals surface area contributed by atoms with Gasteiger partial charge in [-0.25, -0.2) is 0 Å². The van der Waals surface area contributed by atoms with Crippen molar-refractivity contribution < 1.29 is 28.6 Å². The Kier molecular flexibility index (Phi) is 48.1. The van der Waals surface area contributed by atoms with Crippen molar-refractivity contribution in [3.8, 4) is 0 Å². The standard InChI is InChI=1S/C55H106O6/c1-5-7-9-11-13-15-16-17-18-19-20-21-22-23-27-31-34-38-42-46-53(56)59-49-52(61-55(58)48-44-40-36-29-14-12-10-8-6-2)50-60-54(57)47-43-39-35-32-28-25-24-26-30-33-37-41-45-51(3)4/h51-52H,5-50H2,1-4H3/t52-/m0/s1. The van der Waals surface area contributed by atoms with Gasteiger partial charge in [-0.3, -0.25) is 14.4 Å². The summed E-state index contributed by atoms with van der Waals surface area (Å²) in [6.45, 7) is 9.02. The molecular weight excluding hydrogens is 757 g/mol. The molecule has 0 unspecified atom stereocenters. The van der Waals surface area contributed by atoms with Gasteiger partial charge in [-0.15, -0.1) is 0 Å². The molecular formula is C55H106O6. The van der Waals surface area contributed by atoms with Crippen molar-refractivity contribution in [2.75, 3.05) is 13.2 Å². The second kappa shape index (κ2) is 49.4. The van der Waals surface area contributed by atoms with E-state index < -0.39 is 6.10 Å². The number of unbranched alkanes of at least 4 members (excludes halogenated alkanes) is 37. The average molecular weight is 863 g/mol. The molecule has 0 saturated carbocycles. The van der Waals surface area contributed by atoms with Crippen LogP contribution in [0.5, 0.6) is 0 Å². The minimum absolute atomic E-state index is 0.0626. The molecule has 1 atom stereocenters. The molecule has 362 valence electrons. The average Bonchev–Trinajstić information content (AvgIpc) is 3.24. The first-order chi connectivity index (χ1) is 29.9. The fraction of sp³-hybridized carbons (Fsp3) is 0.945. The molecule has 0 aromatic carbocycles. The maximum atomic E-state index is 12.7. The second-order valence-electron chi connectivity index (χ2n) is 19.3. The summed E-state index contributed by atoms with van der Waals surface area (Å²) in [5, 5.41) is 0. The van der Waals surface area contributed by atoms with Gasteiger partial charge in [-0.1, -0.05) is 272 Å². The zero-order chi connectivity index (χ0) is 44.5. The highest BCUT2D eigenvalue weighted by Gasteiger charge is 2.19. The van der Waals surface area contributed by atoms with Crippen LogP contribution in [-0.2, 0) is 28.6 Å². The summed E-state index contributed by atoms with van der Waals surface area (Å²) in [5.41, 5.74) is 0. The lowest BCUT2D eigenvalue weighted by atomic mass is 10.0. The number of carbonyl (C=O) groups is 3. The van der Waals surface area contributed by atoms with Crippen LogP contribution >= 0.6 is 0 Å². The molecule has 0 radical (unpaired) electrons. The van der Waals surface area contributed by atoms with Crippen LogP contribution in [0.1, 0.15) is 310 Å². The van der Waals surface area contributed by atoms with Crippen molar-refractivity contribution in [1.29, 1.82) is 0 Å². The predicted octanol–water partition coefficient (Wildman–Crippen LogP) is 17.8. The molecule has 0 aromatic heterocycles. The lowest BCUT2D eigenvalue weighted by molar-refractivity contribution is -0.167. The van der Waals surface area contributed by atoms with E-state index in [1.807, 2.05) is 0 Å². The van der Waals surface area contributed by atoms with Gasteiger partial charge in [0.25, 0.3) is 0 Å². The van der Waals surface area contributed by atoms with E-state index in [0.717, 1.165) is 63.7 Å². The summed E-state index contributed by atoms with van der Waals surface area (Å²) < 4.78 is 16.8. The van der Waals surface area contributed by atoms with Crippen LogP contribution in [0.25, 0.3) is 0 Å². The number of hydrogen-bond acceptors (Lipinski definition) is 6. The van der Waals surface area contributed by atoms with E-state index in [0.29, 0.717) is 19.3 Å². The molecule has 0 amide bonds. The minimum Gasteiger partial charge on any atom is -0.462 e. The quantitative estimate of drug-likeness (QED) is 0.0344. The van der Waals surface area contributed by atoms with Gasteiger partial charge < -0.3 is 14.2 Å². The van der Waals surface area contributed by atoms with Gasteiger partial charge in [-0.05, 0) is 25.2 Å². The normalized spacial score (nSPS) is 12.0. The third kappa shape index (κ3) is 49.3. The van der Waals surface area contributed by atoms with Crippen molar-refractivity contribution in [1.82, 2.24) is 0 Å². The van der Waals surface area contributed by atoms with E-state index in [2.05, 4.69) is 27.7 Å². The molecule has 61 heavy (non-hydrogen) atoms. The summed E-state index contributed by atoms with van der Waals surface area (Å²) in [6, 6.07) is 0. The summed E-state index contributed by atoms with van der Waals surface area (Å²) in [6.07, 6.45) is 52.4. The second-order valence-corrected chi connectivity index (χ2v) is 19.3. The highest BCUT2D eigenvalue weighted by atomic mass is 16.6. The fourth-order valence-corrected chi connectivity index (χ4v) is 8.39. The number of carbonyl (C=O) groups excluding carboxylic acids is 3. The molecule has 0 bridgehead atoms. The molecule has 0 rings (SSSR count). The van der Waals surface area contributed by atoms with E-state index >= 15 is 0 Å². The van der Waals surface area contributed by atoms with Crippen LogP contribution < -0.4 is 0 Å². The molecule has 0 N–H and O–H groups in total. The van der Waals surface area contributed by atoms with Crippen molar-refractivity contribution in [3.63, 3.8) is 0 Å². The Morgan fingerprint density at radius 2 is 0.541 bits per heavy atom. The fourth-order valence-electron chi connectivity index (χ4n) is 8.39. The Morgan fingerprint density at radius 1 is 0.311 bits per heavy atom. The smallest absolute Gasteiger partial charge is 0.306 e. The van der Waals surface area contributed by atoms with Crippen LogP contribution in [0.2, 0.25) is 0 Å². The lowest BCUT2D eigenvalue weighted by Crippen LogP contribution is -2.30. The topological polar surface area (TPSA) is 78.9 Å². The third-order valence-electron chi connectivity index (χ3n) is 12.5. The van der Waals surface area contributed by atoms with Gasteiger partial charge >= 0.3 is 17.9 Å². The summed E-state index contributed by atoms with van der Waals surface area (Å²) in [5.74, 6) is -0.0101. The van der Waals surface area contributed by atoms with Crippen LogP contribution in [0.15, 0.2) is 0 Å². The zero-order valence-corrected chi connectivity index (χ0v) is 41.6. The first-order valence-corrected chi connectivity index (χ1v) is 27.4. The Labute approximate surface area is 380 Å². The predicted molar refractivity (Wildman–Crippen MR) is 261 cm³/mol. The molecule has 0 aliphatic carbocycles. The zero-order valence-electron chi connectivity index (χ0n) is 41.6. The minimum atomic E-state index is -0.760. The van der Waals surface area contributed by atoms with Crippen molar-refractivity contribution >= 4 is 17.9 Å². The van der Waals surface area contributed by atoms with E-state index in [1.54, 1.807) is 0 Å². The molecule has 0 heterocycles. The SMILES string of the molecule is CCCCCCCCCCCCCCCCCCCCCC(=O)OC[C@@H](COC(=O)CCCCCCCCCCCCCCC(C)C)OC(=O)CCCCCCCCCCC.